The molecule has 0 radical (unpaired) electrons. The second-order valence-electron chi connectivity index (χ2n) is 7.60. The van der Waals surface area contributed by atoms with Crippen molar-refractivity contribution in [2.24, 2.45) is 0 Å². The first-order valence-electron chi connectivity index (χ1n) is 9.95. The fraction of sp³-hybridized carbons (Fsp3) is 0.208. The quantitative estimate of drug-likeness (QED) is 0.434. The average Bonchev–Trinajstić information content (AvgIpc) is 2.70. The van der Waals surface area contributed by atoms with Crippen LogP contribution in [0.2, 0.25) is 0 Å². The smallest absolute Gasteiger partial charge is 0.262 e. The lowest BCUT2D eigenvalue weighted by molar-refractivity contribution is -0.118. The molecule has 1 amide bonds. The minimum absolute atomic E-state index is 0.107. The summed E-state index contributed by atoms with van der Waals surface area (Å²) < 4.78 is 34.8. The van der Waals surface area contributed by atoms with E-state index in [1.807, 2.05) is 58.0 Å². The summed E-state index contributed by atoms with van der Waals surface area (Å²) in [4.78, 5) is 12.4. The predicted octanol–water partition coefficient (Wildman–Crippen LogP) is 5.50. The van der Waals surface area contributed by atoms with Crippen molar-refractivity contribution in [1.82, 2.24) is 0 Å². The first-order valence-corrected chi connectivity index (χ1v) is 12.2. The molecular formula is C24H25BrN2O4S. The van der Waals surface area contributed by atoms with Crippen LogP contribution in [-0.4, -0.2) is 20.9 Å². The van der Waals surface area contributed by atoms with Crippen LogP contribution in [-0.2, 0) is 14.8 Å². The molecule has 0 atom stereocenters. The van der Waals surface area contributed by atoms with Crippen molar-refractivity contribution in [3.8, 4) is 5.75 Å². The van der Waals surface area contributed by atoms with Crippen LogP contribution in [0.5, 0.6) is 5.75 Å². The molecule has 0 aromatic heterocycles. The van der Waals surface area contributed by atoms with Gasteiger partial charge in [0.2, 0.25) is 0 Å². The summed E-state index contributed by atoms with van der Waals surface area (Å²) in [6, 6.07) is 15.4. The highest BCUT2D eigenvalue weighted by molar-refractivity contribution is 9.10. The van der Waals surface area contributed by atoms with Crippen molar-refractivity contribution in [1.29, 1.82) is 0 Å². The zero-order valence-electron chi connectivity index (χ0n) is 18.3. The number of ether oxygens (including phenoxy) is 1. The molecule has 32 heavy (non-hydrogen) atoms. The van der Waals surface area contributed by atoms with Gasteiger partial charge in [0.15, 0.2) is 6.61 Å². The van der Waals surface area contributed by atoms with Gasteiger partial charge < -0.3 is 10.1 Å². The number of benzene rings is 3. The Morgan fingerprint density at radius 2 is 1.47 bits per heavy atom. The van der Waals surface area contributed by atoms with Crippen molar-refractivity contribution in [3.05, 3.63) is 81.3 Å². The summed E-state index contributed by atoms with van der Waals surface area (Å²) in [5.41, 5.74) is 4.59. The van der Waals surface area contributed by atoms with E-state index in [9.17, 15) is 13.2 Å². The predicted molar refractivity (Wildman–Crippen MR) is 131 cm³/mol. The summed E-state index contributed by atoms with van der Waals surface area (Å²) in [5, 5.41) is 2.72. The molecule has 6 nitrogen and oxygen atoms in total. The summed E-state index contributed by atoms with van der Waals surface area (Å²) in [6.07, 6.45) is 0. The maximum Gasteiger partial charge on any atom is 0.262 e. The Bertz CT molecular complexity index is 1210. The molecule has 0 bridgehead atoms. The van der Waals surface area contributed by atoms with E-state index in [0.29, 0.717) is 17.1 Å². The van der Waals surface area contributed by atoms with Gasteiger partial charge in [-0.2, -0.15) is 0 Å². The fourth-order valence-electron chi connectivity index (χ4n) is 3.35. The van der Waals surface area contributed by atoms with Gasteiger partial charge in [-0.15, -0.1) is 0 Å². The Morgan fingerprint density at radius 3 is 2.03 bits per heavy atom. The standard InChI is InChI=1S/C24H25BrN2O4S/c1-15-6-5-7-16(2)23(15)27-32(29,30)21-10-8-20(9-11-21)26-22(28)14-31-24-17(3)12-19(25)13-18(24)4/h5-13,27H,14H2,1-4H3,(H,26,28). The minimum atomic E-state index is -3.75. The number of carbonyl (C=O) groups is 1. The molecule has 0 saturated heterocycles. The Morgan fingerprint density at radius 1 is 0.906 bits per heavy atom. The minimum Gasteiger partial charge on any atom is -0.483 e. The Labute approximate surface area is 197 Å². The maximum atomic E-state index is 12.8. The van der Waals surface area contributed by atoms with E-state index in [0.717, 1.165) is 26.7 Å². The van der Waals surface area contributed by atoms with E-state index in [1.54, 1.807) is 12.1 Å². The number of aryl methyl sites for hydroxylation is 4. The zero-order valence-corrected chi connectivity index (χ0v) is 20.7. The first-order chi connectivity index (χ1) is 15.1. The number of amides is 1. The van der Waals surface area contributed by atoms with Gasteiger partial charge in [-0.3, -0.25) is 9.52 Å². The number of carbonyl (C=O) groups excluding carboxylic acids is 1. The van der Waals surface area contributed by atoms with Crippen molar-refractivity contribution in [3.63, 3.8) is 0 Å². The number of hydrogen-bond acceptors (Lipinski definition) is 4. The third-order valence-corrected chi connectivity index (χ3v) is 6.76. The SMILES string of the molecule is Cc1cccc(C)c1NS(=O)(=O)c1ccc(NC(=O)COc2c(C)cc(Br)cc2C)cc1. The van der Waals surface area contributed by atoms with Crippen molar-refractivity contribution in [2.75, 3.05) is 16.6 Å². The molecule has 0 spiro atoms. The van der Waals surface area contributed by atoms with Crippen LogP contribution < -0.4 is 14.8 Å². The topological polar surface area (TPSA) is 84.5 Å². The monoisotopic (exact) mass is 516 g/mol. The average molecular weight is 517 g/mol. The molecule has 0 aliphatic rings. The van der Waals surface area contributed by atoms with Gasteiger partial charge in [-0.1, -0.05) is 34.1 Å². The molecule has 168 valence electrons. The lowest BCUT2D eigenvalue weighted by Crippen LogP contribution is -2.21. The largest absolute Gasteiger partial charge is 0.483 e. The molecule has 0 aliphatic carbocycles. The molecule has 0 aliphatic heterocycles. The Balaban J connectivity index is 1.65. The first kappa shape index (κ1) is 23.8. The van der Waals surface area contributed by atoms with Gasteiger partial charge in [0, 0.05) is 10.2 Å². The van der Waals surface area contributed by atoms with Gasteiger partial charge in [0.25, 0.3) is 15.9 Å². The third-order valence-electron chi connectivity index (χ3n) is 4.94. The number of rotatable bonds is 7. The Hall–Kier alpha value is -2.84. The summed E-state index contributed by atoms with van der Waals surface area (Å²) in [7, 11) is -3.75. The van der Waals surface area contributed by atoms with Crippen molar-refractivity contribution < 1.29 is 17.9 Å². The number of para-hydroxylation sites is 1. The lowest BCUT2D eigenvalue weighted by Gasteiger charge is -2.14. The summed E-state index contributed by atoms with van der Waals surface area (Å²) in [6.45, 7) is 7.37. The van der Waals surface area contributed by atoms with Crippen LogP contribution in [0.15, 0.2) is 64.0 Å². The van der Waals surface area contributed by atoms with Crippen LogP contribution in [0.3, 0.4) is 0 Å². The summed E-state index contributed by atoms with van der Waals surface area (Å²) >= 11 is 3.43. The fourth-order valence-corrected chi connectivity index (χ4v) is 5.24. The van der Waals surface area contributed by atoms with Gasteiger partial charge in [-0.25, -0.2) is 8.42 Å². The van der Waals surface area contributed by atoms with E-state index < -0.39 is 10.0 Å². The highest BCUT2D eigenvalue weighted by Gasteiger charge is 2.17. The van der Waals surface area contributed by atoms with E-state index in [1.165, 1.54) is 12.1 Å². The van der Waals surface area contributed by atoms with Gasteiger partial charge in [0.1, 0.15) is 5.75 Å². The number of halogens is 1. The molecule has 0 heterocycles. The van der Waals surface area contributed by atoms with Crippen LogP contribution in [0.1, 0.15) is 22.3 Å². The molecule has 2 N–H and O–H groups in total. The number of sulfonamides is 1. The molecule has 0 saturated carbocycles. The van der Waals surface area contributed by atoms with Crippen LogP contribution in [0, 0.1) is 27.7 Å². The zero-order chi connectivity index (χ0) is 23.5. The van der Waals surface area contributed by atoms with E-state index in [-0.39, 0.29) is 17.4 Å². The second-order valence-corrected chi connectivity index (χ2v) is 10.2. The van der Waals surface area contributed by atoms with Crippen LogP contribution in [0.25, 0.3) is 0 Å². The van der Waals surface area contributed by atoms with Crippen LogP contribution >= 0.6 is 15.9 Å². The second kappa shape index (κ2) is 9.75. The number of anilines is 2. The normalized spacial score (nSPS) is 11.2. The van der Waals surface area contributed by atoms with Crippen LogP contribution in [0.4, 0.5) is 11.4 Å². The Kier molecular flexibility index (Phi) is 7.26. The van der Waals surface area contributed by atoms with E-state index in [4.69, 9.17) is 4.74 Å². The molecule has 8 heteroatoms. The van der Waals surface area contributed by atoms with Gasteiger partial charge >= 0.3 is 0 Å². The molecule has 0 unspecified atom stereocenters. The van der Waals surface area contributed by atoms with Gasteiger partial charge in [0.05, 0.1) is 10.6 Å². The van der Waals surface area contributed by atoms with E-state index >= 15 is 0 Å². The molecule has 3 aromatic carbocycles. The van der Waals surface area contributed by atoms with Crippen molar-refractivity contribution in [2.45, 2.75) is 32.6 Å². The number of hydrogen-bond donors (Lipinski definition) is 2. The summed E-state index contributed by atoms with van der Waals surface area (Å²) in [5.74, 6) is 0.332. The molecule has 3 rings (SSSR count). The van der Waals surface area contributed by atoms with E-state index in [2.05, 4.69) is 26.0 Å². The highest BCUT2D eigenvalue weighted by Crippen LogP contribution is 2.27. The molecular weight excluding hydrogens is 492 g/mol. The van der Waals surface area contributed by atoms with Crippen molar-refractivity contribution >= 4 is 43.2 Å². The highest BCUT2D eigenvalue weighted by atomic mass is 79.9. The third kappa shape index (κ3) is 5.69. The number of nitrogens with one attached hydrogen (secondary N) is 2. The molecule has 0 fully saturated rings. The van der Waals surface area contributed by atoms with Gasteiger partial charge in [-0.05, 0) is 86.3 Å². The lowest BCUT2D eigenvalue weighted by atomic mass is 10.1. The molecule has 3 aromatic rings. The maximum absolute atomic E-state index is 12.8.